The molecule has 5 radical (unpaired) electrons. The van der Waals surface area contributed by atoms with Gasteiger partial charge >= 0.3 is 0 Å². The van der Waals surface area contributed by atoms with Crippen molar-refractivity contribution in [2.45, 2.75) is 26.2 Å². The van der Waals surface area contributed by atoms with Crippen molar-refractivity contribution in [2.75, 3.05) is 0 Å². The van der Waals surface area contributed by atoms with Crippen molar-refractivity contribution in [1.82, 2.24) is 9.97 Å². The smallest absolute Gasteiger partial charge is 0.0163 e. The van der Waals surface area contributed by atoms with Gasteiger partial charge in [0.25, 0.3) is 0 Å². The fourth-order valence-electron chi connectivity index (χ4n) is 4.92. The van der Waals surface area contributed by atoms with Gasteiger partial charge in [-0.25, -0.2) is 6.07 Å². The van der Waals surface area contributed by atoms with E-state index in [1.54, 1.807) is 6.20 Å². The Kier molecular flexibility index (Phi) is 13.2. The monoisotopic (exact) mass is 831 g/mol. The maximum absolute atomic E-state index is 4.40. The normalized spacial score (nSPS) is 10.5. The molecular weight excluding hydrogens is 800 g/mol. The molecule has 5 heteroatoms. The number of benzene rings is 5. The standard InChI is InChI=1S/C25H14N.C15H16N.B.Ir.Y/c1-2-9-23-18(6-1)11-12-19-13-14-21(17-24(19)23)20-7-5-8-22(16-20)25-10-3-4-15-26-25;1-15(2,3)13-9-10-16-14(11-13)12-7-5-4-6-8-12;;;/h1-7,9-13,15,17H;4-7,9-11H,1-3H3;;;/q-3;-1;;;. The van der Waals surface area contributed by atoms with Crippen LogP contribution < -0.4 is 0 Å². The third kappa shape index (κ3) is 8.72. The molecule has 5 aromatic carbocycles. The Labute approximate surface area is 307 Å². The summed E-state index contributed by atoms with van der Waals surface area (Å²) >= 11 is 0. The third-order valence-corrected chi connectivity index (χ3v) is 7.24. The Morgan fingerprint density at radius 1 is 0.578 bits per heavy atom. The van der Waals surface area contributed by atoms with Crippen LogP contribution in [0.25, 0.3) is 55.2 Å². The van der Waals surface area contributed by atoms with Crippen LogP contribution in [0.4, 0.5) is 0 Å². The first-order valence-corrected chi connectivity index (χ1v) is 14.1. The molecule has 0 atom stereocenters. The van der Waals surface area contributed by atoms with Gasteiger partial charge in [-0.2, -0.15) is 5.56 Å². The summed E-state index contributed by atoms with van der Waals surface area (Å²) in [5.41, 5.74) is 7.28. The molecule has 0 bridgehead atoms. The first kappa shape index (κ1) is 36.2. The van der Waals surface area contributed by atoms with Gasteiger partial charge in [-0.15, -0.1) is 60.2 Å². The zero-order valence-corrected chi connectivity index (χ0v) is 30.7. The third-order valence-electron chi connectivity index (χ3n) is 7.24. The maximum Gasteiger partial charge on any atom is 0.0163 e. The SMILES string of the molecule is CC(C)(C)c1ccnc(-c2[c-]cccc2)c1.[B].[Ir].[Y].[c-]1ccc(-c2[c-]cc3ccc4ccccc4c3c2)[c-]c1-c1ccccn1. The van der Waals surface area contributed by atoms with E-state index in [2.05, 4.69) is 116 Å². The Balaban J connectivity index is 0.000000254. The zero-order valence-electron chi connectivity index (χ0n) is 25.5. The van der Waals surface area contributed by atoms with Crippen LogP contribution in [0, 0.1) is 24.3 Å². The van der Waals surface area contributed by atoms with Crippen LogP contribution in [0.2, 0.25) is 0 Å². The van der Waals surface area contributed by atoms with E-state index in [1.807, 2.05) is 60.8 Å². The van der Waals surface area contributed by atoms with Crippen molar-refractivity contribution in [3.8, 4) is 33.6 Å². The largest absolute Gasteiger partial charge is 0.352 e. The van der Waals surface area contributed by atoms with Crippen LogP contribution in [0.15, 0.2) is 128 Å². The fourth-order valence-corrected chi connectivity index (χ4v) is 4.92. The minimum atomic E-state index is 0. The molecule has 0 unspecified atom stereocenters. The number of pyridine rings is 2. The molecule has 7 aromatic rings. The Morgan fingerprint density at radius 3 is 2.09 bits per heavy atom. The van der Waals surface area contributed by atoms with Crippen molar-refractivity contribution in [1.29, 1.82) is 0 Å². The summed E-state index contributed by atoms with van der Waals surface area (Å²) in [5, 5.41) is 4.93. The van der Waals surface area contributed by atoms with E-state index in [9.17, 15) is 0 Å². The van der Waals surface area contributed by atoms with Crippen LogP contribution in [-0.2, 0) is 58.2 Å². The molecule has 0 saturated carbocycles. The Morgan fingerprint density at radius 2 is 1.33 bits per heavy atom. The van der Waals surface area contributed by atoms with Crippen LogP contribution in [-0.4, -0.2) is 18.4 Å². The molecule has 0 aliphatic rings. The van der Waals surface area contributed by atoms with E-state index >= 15 is 0 Å². The Hall–Kier alpha value is -3.26. The molecule has 2 aromatic heterocycles. The van der Waals surface area contributed by atoms with Crippen molar-refractivity contribution < 1.29 is 52.8 Å². The van der Waals surface area contributed by atoms with E-state index < -0.39 is 0 Å². The molecule has 0 aliphatic carbocycles. The van der Waals surface area contributed by atoms with Gasteiger partial charge < -0.3 is 16.0 Å². The van der Waals surface area contributed by atoms with Gasteiger partial charge in [-0.05, 0) is 39.6 Å². The van der Waals surface area contributed by atoms with Crippen molar-refractivity contribution in [3.05, 3.63) is 157 Å². The minimum Gasteiger partial charge on any atom is -0.352 e. The predicted octanol–water partition coefficient (Wildman–Crippen LogP) is 9.58. The maximum atomic E-state index is 4.40. The summed E-state index contributed by atoms with van der Waals surface area (Å²) < 4.78 is 0. The van der Waals surface area contributed by atoms with Gasteiger partial charge in [0.15, 0.2) is 0 Å². The predicted molar refractivity (Wildman–Crippen MR) is 180 cm³/mol. The van der Waals surface area contributed by atoms with E-state index in [4.69, 9.17) is 0 Å². The molecule has 0 amide bonds. The average Bonchev–Trinajstić information content (AvgIpc) is 3.05. The van der Waals surface area contributed by atoms with Gasteiger partial charge in [0.1, 0.15) is 0 Å². The van der Waals surface area contributed by atoms with Gasteiger partial charge in [-0.1, -0.05) is 85.8 Å². The molecule has 0 N–H and O–H groups in total. The fraction of sp³-hybridized carbons (Fsp3) is 0.100. The van der Waals surface area contributed by atoms with Crippen molar-refractivity contribution in [2.24, 2.45) is 0 Å². The molecule has 219 valence electrons. The molecule has 0 saturated heterocycles. The summed E-state index contributed by atoms with van der Waals surface area (Å²) in [6.07, 6.45) is 3.66. The molecule has 0 fully saturated rings. The van der Waals surface area contributed by atoms with Gasteiger partial charge in [0.05, 0.1) is 0 Å². The molecule has 7 rings (SSSR count). The molecule has 2 nitrogen and oxygen atoms in total. The number of hydrogen-bond acceptors (Lipinski definition) is 2. The first-order valence-electron chi connectivity index (χ1n) is 14.1. The summed E-state index contributed by atoms with van der Waals surface area (Å²) in [7, 11) is 0. The van der Waals surface area contributed by atoms with E-state index in [0.717, 1.165) is 33.6 Å². The quantitative estimate of drug-likeness (QED) is 0.101. The van der Waals surface area contributed by atoms with Crippen LogP contribution in [0.5, 0.6) is 0 Å². The second kappa shape index (κ2) is 16.3. The number of nitrogens with zero attached hydrogens (tertiary/aromatic N) is 2. The second-order valence-electron chi connectivity index (χ2n) is 11.2. The first-order chi connectivity index (χ1) is 20.5. The van der Waals surface area contributed by atoms with Gasteiger partial charge in [0.2, 0.25) is 0 Å². The van der Waals surface area contributed by atoms with Crippen molar-refractivity contribution >= 4 is 30.0 Å². The summed E-state index contributed by atoms with van der Waals surface area (Å²) in [6.45, 7) is 6.63. The molecule has 0 spiro atoms. The second-order valence-corrected chi connectivity index (χ2v) is 11.2. The summed E-state index contributed by atoms with van der Waals surface area (Å²) in [5.74, 6) is 0. The van der Waals surface area contributed by atoms with E-state index in [0.29, 0.717) is 0 Å². The topological polar surface area (TPSA) is 25.8 Å². The average molecular weight is 831 g/mol. The van der Waals surface area contributed by atoms with Gasteiger partial charge in [-0.3, -0.25) is 23.3 Å². The number of fused-ring (bicyclic) bond motifs is 3. The number of rotatable bonds is 3. The van der Waals surface area contributed by atoms with Crippen LogP contribution in [0.1, 0.15) is 26.3 Å². The molecule has 45 heavy (non-hydrogen) atoms. The molecular formula is C40H30BIrN2Y-4. The van der Waals surface area contributed by atoms with Crippen molar-refractivity contribution in [3.63, 3.8) is 0 Å². The number of hydrogen-bond donors (Lipinski definition) is 0. The van der Waals surface area contributed by atoms with Crippen LogP contribution >= 0.6 is 0 Å². The summed E-state index contributed by atoms with van der Waals surface area (Å²) in [6, 6.07) is 52.3. The van der Waals surface area contributed by atoms with E-state index in [-0.39, 0.29) is 66.6 Å². The van der Waals surface area contributed by atoms with Crippen LogP contribution in [0.3, 0.4) is 0 Å². The van der Waals surface area contributed by atoms with E-state index in [1.165, 1.54) is 27.1 Å². The number of aromatic nitrogens is 2. The zero-order chi connectivity index (χ0) is 28.9. The summed E-state index contributed by atoms with van der Waals surface area (Å²) in [4.78, 5) is 8.79. The molecule has 2 heterocycles. The Bertz CT molecular complexity index is 1970. The van der Waals surface area contributed by atoms with Gasteiger partial charge in [0, 0.05) is 73.6 Å². The molecule has 0 aliphatic heterocycles. The minimum absolute atomic E-state index is 0.